The third kappa shape index (κ3) is 3.51. The van der Waals surface area contributed by atoms with Crippen molar-refractivity contribution in [2.45, 2.75) is 64.3 Å². The normalized spacial score (nSPS) is 25.0. The number of aryl methyl sites for hydroxylation is 2. The maximum absolute atomic E-state index is 12.6. The van der Waals surface area contributed by atoms with Crippen LogP contribution in [0.1, 0.15) is 53.0 Å². The molecule has 4 rings (SSSR count). The number of carbonyl (C=O) groups excluding carboxylic acids is 1. The first-order valence-electron chi connectivity index (χ1n) is 9.76. The van der Waals surface area contributed by atoms with E-state index in [0.29, 0.717) is 17.6 Å². The van der Waals surface area contributed by atoms with Gasteiger partial charge in [-0.2, -0.15) is 5.10 Å². The number of hydrogen-bond donors (Lipinski definition) is 2. The van der Waals surface area contributed by atoms with E-state index in [0.717, 1.165) is 36.5 Å². The number of amides is 1. The highest BCUT2D eigenvalue weighted by Crippen LogP contribution is 2.36. The molecule has 2 aromatic rings. The SMILES string of the molecule is Cc1nn(C)c(C)c1NC(=O)c1ccc(CN2[C@@H]3CC[C@H]2CC(O)C3)cc1. The first-order valence-corrected chi connectivity index (χ1v) is 9.76. The van der Waals surface area contributed by atoms with E-state index >= 15 is 0 Å². The van der Waals surface area contributed by atoms with Gasteiger partial charge in [0.25, 0.3) is 5.91 Å². The molecule has 1 amide bonds. The summed E-state index contributed by atoms with van der Waals surface area (Å²) in [6, 6.07) is 8.88. The summed E-state index contributed by atoms with van der Waals surface area (Å²) in [6.07, 6.45) is 4.02. The van der Waals surface area contributed by atoms with Crippen LogP contribution < -0.4 is 5.32 Å². The van der Waals surface area contributed by atoms with Crippen molar-refractivity contribution in [3.8, 4) is 0 Å². The number of fused-ring (bicyclic) bond motifs is 2. The van der Waals surface area contributed by atoms with Crippen molar-refractivity contribution in [1.29, 1.82) is 0 Å². The van der Waals surface area contributed by atoms with Gasteiger partial charge < -0.3 is 10.4 Å². The molecule has 144 valence electrons. The van der Waals surface area contributed by atoms with E-state index in [9.17, 15) is 9.90 Å². The van der Waals surface area contributed by atoms with Gasteiger partial charge in [0.05, 0.1) is 23.2 Å². The molecule has 2 fully saturated rings. The monoisotopic (exact) mass is 368 g/mol. The van der Waals surface area contributed by atoms with Crippen LogP contribution in [0.5, 0.6) is 0 Å². The molecule has 0 radical (unpaired) electrons. The van der Waals surface area contributed by atoms with Gasteiger partial charge in [0.1, 0.15) is 0 Å². The third-order valence-corrected chi connectivity index (χ3v) is 6.19. The third-order valence-electron chi connectivity index (χ3n) is 6.19. The summed E-state index contributed by atoms with van der Waals surface area (Å²) in [5.41, 5.74) is 4.42. The van der Waals surface area contributed by atoms with Crippen LogP contribution in [0.2, 0.25) is 0 Å². The van der Waals surface area contributed by atoms with E-state index < -0.39 is 0 Å². The van der Waals surface area contributed by atoms with Crippen molar-refractivity contribution < 1.29 is 9.90 Å². The molecule has 1 aromatic heterocycles. The van der Waals surface area contributed by atoms with Crippen LogP contribution in [0.25, 0.3) is 0 Å². The van der Waals surface area contributed by atoms with Gasteiger partial charge in [-0.1, -0.05) is 12.1 Å². The lowest BCUT2D eigenvalue weighted by Gasteiger charge is -2.37. The lowest BCUT2D eigenvalue weighted by Crippen LogP contribution is -2.44. The number of nitrogens with zero attached hydrogens (tertiary/aromatic N) is 3. The fourth-order valence-corrected chi connectivity index (χ4v) is 4.62. The molecule has 2 saturated heterocycles. The number of aliphatic hydroxyl groups is 1. The molecule has 27 heavy (non-hydrogen) atoms. The summed E-state index contributed by atoms with van der Waals surface area (Å²) < 4.78 is 1.78. The minimum Gasteiger partial charge on any atom is -0.393 e. The highest BCUT2D eigenvalue weighted by Gasteiger charge is 2.39. The highest BCUT2D eigenvalue weighted by molar-refractivity contribution is 6.04. The van der Waals surface area contributed by atoms with E-state index in [-0.39, 0.29) is 12.0 Å². The second-order valence-electron chi connectivity index (χ2n) is 8.00. The topological polar surface area (TPSA) is 70.4 Å². The summed E-state index contributed by atoms with van der Waals surface area (Å²) >= 11 is 0. The number of aliphatic hydroxyl groups excluding tert-OH is 1. The lowest BCUT2D eigenvalue weighted by atomic mass is 9.99. The molecule has 2 bridgehead atoms. The Bertz CT molecular complexity index is 829. The maximum atomic E-state index is 12.6. The molecule has 1 unspecified atom stereocenters. The summed E-state index contributed by atoms with van der Waals surface area (Å²) in [6.45, 7) is 4.74. The Morgan fingerprint density at radius 1 is 1.19 bits per heavy atom. The van der Waals surface area contributed by atoms with E-state index in [4.69, 9.17) is 0 Å². The number of rotatable bonds is 4. The van der Waals surface area contributed by atoms with Crippen LogP contribution in [0.4, 0.5) is 5.69 Å². The van der Waals surface area contributed by atoms with Crippen LogP contribution in [0.3, 0.4) is 0 Å². The average Bonchev–Trinajstić information content (AvgIpc) is 3.01. The maximum Gasteiger partial charge on any atom is 0.255 e. The van der Waals surface area contributed by atoms with Crippen molar-refractivity contribution >= 4 is 11.6 Å². The van der Waals surface area contributed by atoms with Crippen LogP contribution in [0, 0.1) is 13.8 Å². The predicted octanol–water partition coefficient (Wildman–Crippen LogP) is 2.78. The Kier molecular flexibility index (Phi) is 4.78. The van der Waals surface area contributed by atoms with Crippen molar-refractivity contribution in [2.24, 2.45) is 7.05 Å². The Labute approximate surface area is 160 Å². The number of aromatic nitrogens is 2. The van der Waals surface area contributed by atoms with E-state index in [1.165, 1.54) is 18.4 Å². The smallest absolute Gasteiger partial charge is 0.255 e. The van der Waals surface area contributed by atoms with Gasteiger partial charge in [0.15, 0.2) is 0 Å². The van der Waals surface area contributed by atoms with E-state index in [1.54, 1.807) is 4.68 Å². The molecule has 0 aliphatic carbocycles. The van der Waals surface area contributed by atoms with E-state index in [2.05, 4.69) is 15.3 Å². The largest absolute Gasteiger partial charge is 0.393 e. The van der Waals surface area contributed by atoms with Gasteiger partial charge in [0, 0.05) is 31.2 Å². The van der Waals surface area contributed by atoms with Gasteiger partial charge in [-0.15, -0.1) is 0 Å². The first-order chi connectivity index (χ1) is 12.9. The summed E-state index contributed by atoms with van der Waals surface area (Å²) in [5.74, 6) is -0.109. The quantitative estimate of drug-likeness (QED) is 0.871. The number of piperidine rings is 1. The number of benzene rings is 1. The molecule has 1 aromatic carbocycles. The minimum atomic E-state index is -0.135. The molecule has 3 atom stereocenters. The first kappa shape index (κ1) is 18.2. The van der Waals surface area contributed by atoms with Gasteiger partial charge >= 0.3 is 0 Å². The van der Waals surface area contributed by atoms with Crippen molar-refractivity contribution in [1.82, 2.24) is 14.7 Å². The molecule has 2 aliphatic rings. The predicted molar refractivity (Wildman–Crippen MR) is 105 cm³/mol. The number of hydrogen-bond acceptors (Lipinski definition) is 4. The Balaban J connectivity index is 1.42. The van der Waals surface area contributed by atoms with Gasteiger partial charge in [0.2, 0.25) is 0 Å². The molecule has 6 nitrogen and oxygen atoms in total. The molecule has 3 heterocycles. The highest BCUT2D eigenvalue weighted by atomic mass is 16.3. The van der Waals surface area contributed by atoms with Crippen molar-refractivity contribution in [3.05, 3.63) is 46.8 Å². The van der Waals surface area contributed by atoms with Crippen LogP contribution in [-0.4, -0.2) is 43.9 Å². The molecule has 6 heteroatoms. The summed E-state index contributed by atoms with van der Waals surface area (Å²) in [4.78, 5) is 15.1. The fraction of sp³-hybridized carbons (Fsp3) is 0.524. The molecule has 0 spiro atoms. The Morgan fingerprint density at radius 3 is 2.37 bits per heavy atom. The second-order valence-corrected chi connectivity index (χ2v) is 8.00. The molecule has 2 N–H and O–H groups in total. The lowest BCUT2D eigenvalue weighted by molar-refractivity contribution is 0.0310. The molecule has 2 aliphatic heterocycles. The zero-order valence-electron chi connectivity index (χ0n) is 16.3. The zero-order valence-corrected chi connectivity index (χ0v) is 16.3. The van der Waals surface area contributed by atoms with Gasteiger partial charge in [-0.25, -0.2) is 0 Å². The summed E-state index contributed by atoms with van der Waals surface area (Å²) in [7, 11) is 1.87. The Hall–Kier alpha value is -2.18. The summed E-state index contributed by atoms with van der Waals surface area (Å²) in [5, 5.41) is 17.3. The van der Waals surface area contributed by atoms with Crippen molar-refractivity contribution in [2.75, 3.05) is 5.32 Å². The zero-order chi connectivity index (χ0) is 19.1. The van der Waals surface area contributed by atoms with Gasteiger partial charge in [-0.05, 0) is 57.2 Å². The second kappa shape index (κ2) is 7.09. The number of anilines is 1. The van der Waals surface area contributed by atoms with Crippen molar-refractivity contribution in [3.63, 3.8) is 0 Å². The Morgan fingerprint density at radius 2 is 1.81 bits per heavy atom. The standard InChI is InChI=1S/C21H28N4O2/c1-13-20(14(2)24(3)23-13)22-21(27)16-6-4-15(5-7-16)12-25-17-8-9-18(25)11-19(26)10-17/h4-7,17-19,26H,8-12H2,1-3H3,(H,22,27)/t17-,18+,19?. The van der Waals surface area contributed by atoms with Crippen LogP contribution in [0.15, 0.2) is 24.3 Å². The molecular formula is C21H28N4O2. The fourth-order valence-electron chi connectivity index (χ4n) is 4.62. The minimum absolute atomic E-state index is 0.109. The number of nitrogens with one attached hydrogen (secondary N) is 1. The van der Waals surface area contributed by atoms with E-state index in [1.807, 2.05) is 45.2 Å². The average molecular weight is 368 g/mol. The molecule has 0 saturated carbocycles. The molecular weight excluding hydrogens is 340 g/mol. The van der Waals surface area contributed by atoms with Crippen LogP contribution >= 0.6 is 0 Å². The van der Waals surface area contributed by atoms with Crippen LogP contribution in [-0.2, 0) is 13.6 Å². The number of carbonyl (C=O) groups is 1. The van der Waals surface area contributed by atoms with Gasteiger partial charge in [-0.3, -0.25) is 14.4 Å².